The maximum atomic E-state index is 10.2. The first-order valence-electron chi connectivity index (χ1n) is 7.27. The summed E-state index contributed by atoms with van der Waals surface area (Å²) in [5, 5.41) is 18.1. The van der Waals surface area contributed by atoms with Crippen molar-refractivity contribution >= 4 is 11.5 Å². The van der Waals surface area contributed by atoms with Crippen LogP contribution in [0.2, 0.25) is 0 Å². The Labute approximate surface area is 115 Å². The van der Waals surface area contributed by atoms with E-state index in [1.807, 2.05) is 7.05 Å². The summed E-state index contributed by atoms with van der Waals surface area (Å²) >= 11 is 0. The summed E-state index contributed by atoms with van der Waals surface area (Å²) in [7, 11) is 1.90. The molecule has 1 saturated carbocycles. The third-order valence-corrected chi connectivity index (χ3v) is 3.96. The first kappa shape index (κ1) is 14.2. The molecule has 0 spiro atoms. The average molecular weight is 266 g/mol. The fraction of sp³-hybridized carbons (Fsp3) is 0.786. The van der Waals surface area contributed by atoms with E-state index in [0.717, 1.165) is 37.2 Å². The number of hydrogen-bond donors (Lipinski definition) is 3. The predicted octanol–water partition coefficient (Wildman–Crippen LogP) is 2.23. The minimum Gasteiger partial charge on any atom is -0.394 e. The molecule has 2 unspecified atom stereocenters. The third kappa shape index (κ3) is 3.03. The number of hydrogen-bond acceptors (Lipinski definition) is 4. The van der Waals surface area contributed by atoms with Crippen molar-refractivity contribution in [2.45, 2.75) is 64.0 Å². The highest BCUT2D eigenvalue weighted by Gasteiger charge is 2.24. The van der Waals surface area contributed by atoms with Gasteiger partial charge in [0.05, 0.1) is 23.5 Å². The summed E-state index contributed by atoms with van der Waals surface area (Å²) in [6.07, 6.45) is 5.03. The number of nitrogens with zero attached hydrogens (tertiary/aromatic N) is 2. The topological polar surface area (TPSA) is 76.1 Å². The molecule has 1 aliphatic carbocycles. The molecule has 0 aromatic carbocycles. The van der Waals surface area contributed by atoms with Crippen molar-refractivity contribution in [1.82, 2.24) is 9.78 Å². The van der Waals surface area contributed by atoms with Gasteiger partial charge in [0, 0.05) is 7.05 Å². The lowest BCUT2D eigenvalue weighted by Gasteiger charge is -2.23. The molecule has 0 amide bonds. The Bertz CT molecular complexity index is 427. The van der Waals surface area contributed by atoms with E-state index >= 15 is 0 Å². The van der Waals surface area contributed by atoms with Gasteiger partial charge in [-0.1, -0.05) is 33.1 Å². The number of nitrogens with one attached hydrogen (secondary N) is 1. The average Bonchev–Trinajstić information content (AvgIpc) is 2.51. The van der Waals surface area contributed by atoms with E-state index < -0.39 is 0 Å². The van der Waals surface area contributed by atoms with Gasteiger partial charge in [-0.05, 0) is 18.8 Å². The smallest absolute Gasteiger partial charge is 0.148 e. The molecule has 0 saturated heterocycles. The van der Waals surface area contributed by atoms with E-state index in [9.17, 15) is 5.11 Å². The molecule has 5 nitrogen and oxygen atoms in total. The second kappa shape index (κ2) is 5.82. The maximum absolute atomic E-state index is 10.2. The molecule has 1 aromatic rings. The van der Waals surface area contributed by atoms with E-state index in [1.54, 1.807) is 4.68 Å². The van der Waals surface area contributed by atoms with Crippen molar-refractivity contribution in [3.05, 3.63) is 5.69 Å². The summed E-state index contributed by atoms with van der Waals surface area (Å²) in [6, 6.07) is 0.0835. The number of nitrogen functional groups attached to an aromatic ring is 1. The molecular formula is C14H26N4O. The van der Waals surface area contributed by atoms with Crippen molar-refractivity contribution in [3.8, 4) is 0 Å². The lowest BCUT2D eigenvalue weighted by atomic mass is 10.1. The number of nitrogens with two attached hydrogens (primary N) is 1. The maximum Gasteiger partial charge on any atom is 0.148 e. The zero-order valence-electron chi connectivity index (χ0n) is 12.2. The molecule has 5 heteroatoms. The van der Waals surface area contributed by atoms with Crippen LogP contribution in [0.1, 0.15) is 57.6 Å². The third-order valence-electron chi connectivity index (χ3n) is 3.96. The predicted molar refractivity (Wildman–Crippen MR) is 78.2 cm³/mol. The van der Waals surface area contributed by atoms with Crippen molar-refractivity contribution in [2.24, 2.45) is 7.05 Å². The Morgan fingerprint density at radius 1 is 1.32 bits per heavy atom. The highest BCUT2D eigenvalue weighted by atomic mass is 16.3. The van der Waals surface area contributed by atoms with Gasteiger partial charge in [0.1, 0.15) is 5.82 Å². The van der Waals surface area contributed by atoms with E-state index in [4.69, 9.17) is 5.73 Å². The molecule has 1 aromatic heterocycles. The lowest BCUT2D eigenvalue weighted by Crippen LogP contribution is -2.33. The van der Waals surface area contributed by atoms with Gasteiger partial charge in [0.25, 0.3) is 0 Å². The zero-order chi connectivity index (χ0) is 14.0. The van der Waals surface area contributed by atoms with Gasteiger partial charge < -0.3 is 16.2 Å². The van der Waals surface area contributed by atoms with Crippen LogP contribution in [-0.2, 0) is 7.05 Å². The number of aromatic nitrogens is 2. The Hall–Kier alpha value is -1.23. The largest absolute Gasteiger partial charge is 0.394 e. The number of aliphatic hydroxyl groups is 1. The highest BCUT2D eigenvalue weighted by molar-refractivity contribution is 5.66. The van der Waals surface area contributed by atoms with Crippen LogP contribution in [0.4, 0.5) is 11.5 Å². The van der Waals surface area contributed by atoms with Crippen molar-refractivity contribution in [2.75, 3.05) is 11.1 Å². The van der Waals surface area contributed by atoms with Crippen molar-refractivity contribution in [1.29, 1.82) is 0 Å². The van der Waals surface area contributed by atoms with Crippen LogP contribution < -0.4 is 11.1 Å². The second-order valence-corrected chi connectivity index (χ2v) is 5.88. The first-order chi connectivity index (χ1) is 9.00. The van der Waals surface area contributed by atoms with Gasteiger partial charge in [-0.15, -0.1) is 0 Å². The van der Waals surface area contributed by atoms with Crippen LogP contribution in [0, 0.1) is 0 Å². The van der Waals surface area contributed by atoms with Gasteiger partial charge in [-0.25, -0.2) is 0 Å². The standard InChI is InChI=1S/C14H26N4O/c1-9(2)13-12(15)14(18(3)17-13)16-10-7-5-4-6-8-11(10)19/h9-11,16,19H,4-8,15H2,1-3H3. The van der Waals surface area contributed by atoms with Gasteiger partial charge >= 0.3 is 0 Å². The van der Waals surface area contributed by atoms with Gasteiger partial charge in [0.2, 0.25) is 0 Å². The number of aliphatic hydroxyl groups excluding tert-OH is 1. The molecule has 19 heavy (non-hydrogen) atoms. The SMILES string of the molecule is CC(C)c1nn(C)c(NC2CCCCCC2O)c1N. The van der Waals surface area contributed by atoms with Crippen LogP contribution in [0.3, 0.4) is 0 Å². The fourth-order valence-electron chi connectivity index (χ4n) is 2.79. The molecule has 0 aliphatic heterocycles. The molecule has 1 aliphatic rings. The second-order valence-electron chi connectivity index (χ2n) is 5.88. The van der Waals surface area contributed by atoms with Gasteiger partial charge in [-0.2, -0.15) is 5.10 Å². The number of rotatable bonds is 3. The molecule has 0 bridgehead atoms. The van der Waals surface area contributed by atoms with E-state index in [0.29, 0.717) is 11.6 Å². The Morgan fingerprint density at radius 2 is 2.00 bits per heavy atom. The molecule has 2 rings (SSSR count). The minimum atomic E-state index is -0.292. The first-order valence-corrected chi connectivity index (χ1v) is 7.27. The van der Waals surface area contributed by atoms with Gasteiger partial charge in [0.15, 0.2) is 0 Å². The highest BCUT2D eigenvalue weighted by Crippen LogP contribution is 2.30. The number of anilines is 2. The lowest BCUT2D eigenvalue weighted by molar-refractivity contribution is 0.144. The van der Waals surface area contributed by atoms with Crippen molar-refractivity contribution < 1.29 is 5.11 Å². The molecule has 4 N–H and O–H groups in total. The van der Waals surface area contributed by atoms with E-state index in [1.165, 1.54) is 6.42 Å². The van der Waals surface area contributed by atoms with Gasteiger partial charge in [-0.3, -0.25) is 4.68 Å². The van der Waals surface area contributed by atoms with E-state index in [2.05, 4.69) is 24.3 Å². The fourth-order valence-corrected chi connectivity index (χ4v) is 2.79. The van der Waals surface area contributed by atoms with Crippen LogP contribution in [-0.4, -0.2) is 27.0 Å². The quantitative estimate of drug-likeness (QED) is 0.733. The molecule has 2 atom stereocenters. The van der Waals surface area contributed by atoms with Crippen molar-refractivity contribution in [3.63, 3.8) is 0 Å². The zero-order valence-corrected chi connectivity index (χ0v) is 12.2. The van der Waals surface area contributed by atoms with E-state index in [-0.39, 0.29) is 12.1 Å². The van der Waals surface area contributed by atoms with Crippen LogP contribution >= 0.6 is 0 Å². The number of aryl methyl sites for hydroxylation is 1. The summed E-state index contributed by atoms with van der Waals surface area (Å²) in [5.41, 5.74) is 7.82. The summed E-state index contributed by atoms with van der Waals surface area (Å²) in [6.45, 7) is 4.17. The normalized spacial score (nSPS) is 24.5. The molecule has 0 radical (unpaired) electrons. The van der Waals surface area contributed by atoms with Crippen LogP contribution in [0.25, 0.3) is 0 Å². The summed E-state index contributed by atoms with van der Waals surface area (Å²) in [4.78, 5) is 0. The Kier molecular flexibility index (Phi) is 4.34. The molecular weight excluding hydrogens is 240 g/mol. The molecule has 1 fully saturated rings. The monoisotopic (exact) mass is 266 g/mol. The Balaban J connectivity index is 2.18. The summed E-state index contributed by atoms with van der Waals surface area (Å²) in [5.74, 6) is 1.15. The van der Waals surface area contributed by atoms with Crippen LogP contribution in [0.15, 0.2) is 0 Å². The molecule has 108 valence electrons. The minimum absolute atomic E-state index is 0.0835. The Morgan fingerprint density at radius 3 is 2.63 bits per heavy atom. The summed E-state index contributed by atoms with van der Waals surface area (Å²) < 4.78 is 1.79. The molecule has 1 heterocycles. The van der Waals surface area contributed by atoms with Crippen LogP contribution in [0.5, 0.6) is 0 Å².